The molecule has 8 heteroatoms. The van der Waals surface area contributed by atoms with Crippen LogP contribution in [0.3, 0.4) is 0 Å². The number of nitrogens with zero attached hydrogens (tertiary/aromatic N) is 1. The Morgan fingerprint density at radius 2 is 1.85 bits per heavy atom. The Morgan fingerprint density at radius 3 is 2.42 bits per heavy atom. The maximum absolute atomic E-state index is 11.5. The second-order valence-electron chi connectivity index (χ2n) is 5.51. The van der Waals surface area contributed by atoms with Gasteiger partial charge in [0.15, 0.2) is 5.96 Å². The van der Waals surface area contributed by atoms with Crippen LogP contribution in [-0.2, 0) is 6.54 Å². The number of amides is 1. The van der Waals surface area contributed by atoms with Crippen molar-refractivity contribution >= 4 is 59.0 Å². The molecule has 1 atom stereocenters. The molecule has 0 aromatic heterocycles. The second kappa shape index (κ2) is 10.6. The van der Waals surface area contributed by atoms with E-state index in [0.29, 0.717) is 28.1 Å². The second-order valence-corrected chi connectivity index (χ2v) is 6.35. The van der Waals surface area contributed by atoms with E-state index in [-0.39, 0.29) is 35.9 Å². The summed E-state index contributed by atoms with van der Waals surface area (Å²) in [5.41, 5.74) is 8.39. The Balaban J connectivity index is 0.00000338. The Morgan fingerprint density at radius 1 is 1.19 bits per heavy atom. The number of carbonyl (C=O) groups excluding carboxylic acids is 1. The highest BCUT2D eigenvalue weighted by Crippen LogP contribution is 2.25. The Labute approximate surface area is 180 Å². The summed E-state index contributed by atoms with van der Waals surface area (Å²) in [6.45, 7) is 2.35. The Hall–Kier alpha value is -1.51. The molecular formula is C18H21Cl2IN4O. The maximum atomic E-state index is 11.5. The van der Waals surface area contributed by atoms with Crippen molar-refractivity contribution < 1.29 is 4.79 Å². The van der Waals surface area contributed by atoms with Crippen molar-refractivity contribution in [3.05, 3.63) is 69.2 Å². The van der Waals surface area contributed by atoms with Crippen molar-refractivity contribution in [2.24, 2.45) is 10.7 Å². The number of halogens is 3. The van der Waals surface area contributed by atoms with Gasteiger partial charge in [-0.15, -0.1) is 24.0 Å². The normalized spacial score (nSPS) is 12.1. The third-order valence-corrected chi connectivity index (χ3v) is 4.23. The zero-order valence-electron chi connectivity index (χ0n) is 14.4. The summed E-state index contributed by atoms with van der Waals surface area (Å²) in [6.07, 6.45) is 0. The van der Waals surface area contributed by atoms with Gasteiger partial charge in [-0.05, 0) is 42.3 Å². The van der Waals surface area contributed by atoms with Gasteiger partial charge >= 0.3 is 0 Å². The van der Waals surface area contributed by atoms with Crippen LogP contribution in [0.4, 0.5) is 0 Å². The van der Waals surface area contributed by atoms with Crippen LogP contribution in [0.1, 0.15) is 34.5 Å². The van der Waals surface area contributed by atoms with E-state index in [9.17, 15) is 4.79 Å². The van der Waals surface area contributed by atoms with Gasteiger partial charge in [-0.3, -0.25) is 4.79 Å². The van der Waals surface area contributed by atoms with Gasteiger partial charge in [-0.2, -0.15) is 0 Å². The molecule has 0 bridgehead atoms. The summed E-state index contributed by atoms with van der Waals surface area (Å²) in [5.74, 6) is 0.193. The molecule has 2 aromatic carbocycles. The van der Waals surface area contributed by atoms with Crippen molar-refractivity contribution in [2.45, 2.75) is 19.5 Å². The monoisotopic (exact) mass is 506 g/mol. The molecule has 2 rings (SSSR count). The summed E-state index contributed by atoms with van der Waals surface area (Å²) in [5, 5.41) is 6.84. The summed E-state index contributed by atoms with van der Waals surface area (Å²) in [6, 6.07) is 12.4. The van der Waals surface area contributed by atoms with Crippen LogP contribution >= 0.6 is 47.2 Å². The number of benzene rings is 2. The van der Waals surface area contributed by atoms with Gasteiger partial charge in [0.1, 0.15) is 0 Å². The summed E-state index contributed by atoms with van der Waals surface area (Å²) in [4.78, 5) is 15.8. The quantitative estimate of drug-likeness (QED) is 0.324. The van der Waals surface area contributed by atoms with Gasteiger partial charge in [-0.1, -0.05) is 41.4 Å². The molecule has 26 heavy (non-hydrogen) atoms. The lowest BCUT2D eigenvalue weighted by Gasteiger charge is -2.16. The molecule has 140 valence electrons. The fourth-order valence-corrected chi connectivity index (χ4v) is 2.85. The van der Waals surface area contributed by atoms with Gasteiger partial charge in [-0.25, -0.2) is 4.99 Å². The molecule has 1 unspecified atom stereocenters. The lowest BCUT2D eigenvalue weighted by Crippen LogP contribution is -2.34. The highest BCUT2D eigenvalue weighted by atomic mass is 127. The SMILES string of the molecule is CNC(=O)c1ccc(CN=C(N)NC(C)c2ccc(Cl)cc2Cl)cc1.I. The first-order chi connectivity index (χ1) is 11.9. The van der Waals surface area contributed by atoms with E-state index in [2.05, 4.69) is 15.6 Å². The Kier molecular flexibility index (Phi) is 9.18. The Bertz CT molecular complexity index is 781. The largest absolute Gasteiger partial charge is 0.370 e. The fourth-order valence-electron chi connectivity index (χ4n) is 2.28. The van der Waals surface area contributed by atoms with E-state index in [4.69, 9.17) is 28.9 Å². The minimum Gasteiger partial charge on any atom is -0.370 e. The number of nitrogens with two attached hydrogens (primary N) is 1. The lowest BCUT2D eigenvalue weighted by molar-refractivity contribution is 0.0963. The van der Waals surface area contributed by atoms with Crippen LogP contribution in [0, 0.1) is 0 Å². The number of guanidine groups is 1. The van der Waals surface area contributed by atoms with E-state index in [1.54, 1.807) is 31.3 Å². The number of hydrogen-bond donors (Lipinski definition) is 3. The topological polar surface area (TPSA) is 79.5 Å². The minimum absolute atomic E-state index is 0. The summed E-state index contributed by atoms with van der Waals surface area (Å²) in [7, 11) is 1.60. The van der Waals surface area contributed by atoms with Crippen LogP contribution in [0.25, 0.3) is 0 Å². The average molecular weight is 507 g/mol. The molecule has 0 saturated heterocycles. The molecular weight excluding hydrogens is 486 g/mol. The zero-order valence-corrected chi connectivity index (χ0v) is 18.3. The lowest BCUT2D eigenvalue weighted by atomic mass is 10.1. The highest BCUT2D eigenvalue weighted by Gasteiger charge is 2.10. The van der Waals surface area contributed by atoms with Crippen molar-refractivity contribution in [3.63, 3.8) is 0 Å². The van der Waals surface area contributed by atoms with E-state index in [1.807, 2.05) is 25.1 Å². The first-order valence-corrected chi connectivity index (χ1v) is 8.48. The zero-order chi connectivity index (χ0) is 18.4. The maximum Gasteiger partial charge on any atom is 0.251 e. The molecule has 0 radical (unpaired) electrons. The van der Waals surface area contributed by atoms with Crippen LogP contribution < -0.4 is 16.4 Å². The molecule has 1 amide bonds. The van der Waals surface area contributed by atoms with E-state index >= 15 is 0 Å². The molecule has 0 saturated carbocycles. The first-order valence-electron chi connectivity index (χ1n) is 7.73. The number of rotatable bonds is 5. The van der Waals surface area contributed by atoms with Crippen LogP contribution in [0.5, 0.6) is 0 Å². The number of aliphatic imine (C=N–C) groups is 1. The summed E-state index contributed by atoms with van der Waals surface area (Å²) < 4.78 is 0. The number of nitrogens with one attached hydrogen (secondary N) is 2. The van der Waals surface area contributed by atoms with E-state index in [0.717, 1.165) is 11.1 Å². The molecule has 0 spiro atoms. The molecule has 5 nitrogen and oxygen atoms in total. The summed E-state index contributed by atoms with van der Waals surface area (Å²) >= 11 is 12.1. The van der Waals surface area contributed by atoms with E-state index in [1.165, 1.54) is 0 Å². The van der Waals surface area contributed by atoms with Crippen molar-refractivity contribution in [1.82, 2.24) is 10.6 Å². The molecule has 0 aliphatic rings. The molecule has 4 N–H and O–H groups in total. The third kappa shape index (κ3) is 6.34. The third-order valence-electron chi connectivity index (χ3n) is 3.67. The van der Waals surface area contributed by atoms with Crippen molar-refractivity contribution in [3.8, 4) is 0 Å². The minimum atomic E-state index is -0.120. The molecule has 0 heterocycles. The van der Waals surface area contributed by atoms with Crippen molar-refractivity contribution in [1.29, 1.82) is 0 Å². The van der Waals surface area contributed by atoms with Gasteiger partial charge in [0.05, 0.1) is 12.6 Å². The molecule has 2 aromatic rings. The number of carbonyl (C=O) groups is 1. The van der Waals surface area contributed by atoms with Crippen LogP contribution in [0.15, 0.2) is 47.5 Å². The van der Waals surface area contributed by atoms with Crippen LogP contribution in [-0.4, -0.2) is 18.9 Å². The van der Waals surface area contributed by atoms with Crippen molar-refractivity contribution in [2.75, 3.05) is 7.05 Å². The van der Waals surface area contributed by atoms with E-state index < -0.39 is 0 Å². The predicted molar refractivity (Wildman–Crippen MR) is 119 cm³/mol. The average Bonchev–Trinajstić information content (AvgIpc) is 2.59. The highest BCUT2D eigenvalue weighted by molar-refractivity contribution is 14.0. The number of hydrogen-bond acceptors (Lipinski definition) is 2. The van der Waals surface area contributed by atoms with Gasteiger partial charge in [0.2, 0.25) is 0 Å². The van der Waals surface area contributed by atoms with Gasteiger partial charge in [0.25, 0.3) is 5.91 Å². The first kappa shape index (κ1) is 22.5. The van der Waals surface area contributed by atoms with Crippen LogP contribution in [0.2, 0.25) is 10.0 Å². The standard InChI is InChI=1S/C18H20Cl2N4O.HI/c1-11(15-8-7-14(19)9-16(15)20)24-18(21)23-10-12-3-5-13(6-4-12)17(25)22-2;/h3-9,11H,10H2,1-2H3,(H,22,25)(H3,21,23,24);1H. The van der Waals surface area contributed by atoms with Gasteiger partial charge < -0.3 is 16.4 Å². The molecule has 0 fully saturated rings. The molecule has 0 aliphatic heterocycles. The fraction of sp³-hybridized carbons (Fsp3) is 0.222. The molecule has 0 aliphatic carbocycles. The smallest absolute Gasteiger partial charge is 0.251 e. The van der Waals surface area contributed by atoms with Gasteiger partial charge in [0, 0.05) is 22.7 Å². The predicted octanol–water partition coefficient (Wildman–Crippen LogP) is 4.14.